The first-order chi connectivity index (χ1) is 14.2. The molecule has 0 aliphatic carbocycles. The van der Waals surface area contributed by atoms with Crippen molar-refractivity contribution in [3.63, 3.8) is 0 Å². The molecule has 30 heavy (non-hydrogen) atoms. The number of hydrogen-bond donors (Lipinski definition) is 2. The van der Waals surface area contributed by atoms with Crippen LogP contribution in [0.1, 0.15) is 35.6 Å². The molecule has 164 valence electrons. The van der Waals surface area contributed by atoms with Gasteiger partial charge in [-0.1, -0.05) is 54.6 Å². The number of likely N-dealkylation sites (tertiary alicyclic amines) is 1. The lowest BCUT2D eigenvalue weighted by Gasteiger charge is -2.29. The third-order valence-corrected chi connectivity index (χ3v) is 5.43. The Morgan fingerprint density at radius 3 is 2.20 bits per heavy atom. The monoisotopic (exact) mass is 521 g/mol. The Kier molecular flexibility index (Phi) is 10.6. The first-order valence-corrected chi connectivity index (χ1v) is 10.6. The third-order valence-electron chi connectivity index (χ3n) is 5.43. The summed E-state index contributed by atoms with van der Waals surface area (Å²) in [6, 6.07) is 20.0. The van der Waals surface area contributed by atoms with Gasteiger partial charge in [-0.3, -0.25) is 9.89 Å². The highest BCUT2D eigenvalue weighted by molar-refractivity contribution is 14.0. The van der Waals surface area contributed by atoms with E-state index in [0.29, 0.717) is 6.04 Å². The summed E-state index contributed by atoms with van der Waals surface area (Å²) in [5, 5.41) is 7.00. The number of aliphatic imine (C=N–C) groups is 1. The second kappa shape index (κ2) is 12.9. The molecule has 3 rings (SSSR count). The van der Waals surface area contributed by atoms with Crippen LogP contribution in [0.3, 0.4) is 0 Å². The Hall–Kier alpha value is -1.64. The van der Waals surface area contributed by atoms with Crippen molar-refractivity contribution >= 4 is 29.9 Å². The van der Waals surface area contributed by atoms with E-state index < -0.39 is 0 Å². The highest BCUT2D eigenvalue weighted by Gasteiger charge is 2.23. The molecule has 5 nitrogen and oxygen atoms in total. The van der Waals surface area contributed by atoms with Gasteiger partial charge in [-0.25, -0.2) is 0 Å². The molecular weight excluding hydrogens is 485 g/mol. The largest absolute Gasteiger partial charge is 0.354 e. The van der Waals surface area contributed by atoms with Crippen molar-refractivity contribution in [1.82, 2.24) is 20.4 Å². The van der Waals surface area contributed by atoms with Crippen molar-refractivity contribution in [3.05, 3.63) is 71.3 Å². The maximum Gasteiger partial charge on any atom is 0.191 e. The minimum absolute atomic E-state index is 0. The summed E-state index contributed by atoms with van der Waals surface area (Å²) in [7, 11) is 6.02. The van der Waals surface area contributed by atoms with Gasteiger partial charge in [-0.2, -0.15) is 0 Å². The van der Waals surface area contributed by atoms with Crippen LogP contribution in [-0.2, 0) is 13.1 Å². The van der Waals surface area contributed by atoms with Gasteiger partial charge in [0.15, 0.2) is 5.96 Å². The van der Waals surface area contributed by atoms with Crippen LogP contribution in [0.4, 0.5) is 0 Å². The van der Waals surface area contributed by atoms with Gasteiger partial charge in [0.2, 0.25) is 0 Å². The fourth-order valence-corrected chi connectivity index (χ4v) is 3.91. The molecule has 0 radical (unpaired) electrons. The number of guanidine groups is 1. The fourth-order valence-electron chi connectivity index (χ4n) is 3.91. The molecule has 0 saturated carbocycles. The van der Waals surface area contributed by atoms with Gasteiger partial charge < -0.3 is 15.5 Å². The lowest BCUT2D eigenvalue weighted by atomic mass is 10.1. The SMILES string of the molecule is CN=C(NCc1ccc(CN(C)C)cc1)NCC(c1ccccc1)N1CCCC1.I. The molecule has 0 bridgehead atoms. The van der Waals surface area contributed by atoms with E-state index in [2.05, 4.69) is 94.1 Å². The van der Waals surface area contributed by atoms with E-state index in [0.717, 1.165) is 25.6 Å². The molecule has 1 saturated heterocycles. The lowest BCUT2D eigenvalue weighted by molar-refractivity contribution is 0.245. The molecule has 0 aromatic heterocycles. The number of nitrogens with zero attached hydrogens (tertiary/aromatic N) is 3. The van der Waals surface area contributed by atoms with E-state index >= 15 is 0 Å². The van der Waals surface area contributed by atoms with Crippen LogP contribution in [0.2, 0.25) is 0 Å². The summed E-state index contributed by atoms with van der Waals surface area (Å²) >= 11 is 0. The maximum atomic E-state index is 4.42. The number of benzene rings is 2. The molecule has 1 aliphatic rings. The molecule has 1 aliphatic heterocycles. The minimum atomic E-state index is 0. The van der Waals surface area contributed by atoms with Gasteiger partial charge in [0.05, 0.1) is 6.04 Å². The third kappa shape index (κ3) is 7.56. The molecule has 1 fully saturated rings. The Morgan fingerprint density at radius 1 is 0.967 bits per heavy atom. The van der Waals surface area contributed by atoms with Crippen LogP contribution < -0.4 is 10.6 Å². The van der Waals surface area contributed by atoms with Crippen molar-refractivity contribution in [2.24, 2.45) is 4.99 Å². The zero-order valence-electron chi connectivity index (χ0n) is 18.5. The summed E-state index contributed by atoms with van der Waals surface area (Å²) in [6.07, 6.45) is 2.58. The first-order valence-electron chi connectivity index (χ1n) is 10.6. The Bertz CT molecular complexity index is 755. The van der Waals surface area contributed by atoms with Gasteiger partial charge in [0, 0.05) is 26.7 Å². The van der Waals surface area contributed by atoms with Gasteiger partial charge in [0.1, 0.15) is 0 Å². The van der Waals surface area contributed by atoms with E-state index in [1.54, 1.807) is 0 Å². The van der Waals surface area contributed by atoms with E-state index in [9.17, 15) is 0 Å². The molecule has 2 N–H and O–H groups in total. The van der Waals surface area contributed by atoms with Crippen LogP contribution in [0.15, 0.2) is 59.6 Å². The summed E-state index contributed by atoms with van der Waals surface area (Å²) in [4.78, 5) is 9.19. The van der Waals surface area contributed by atoms with E-state index in [4.69, 9.17) is 0 Å². The van der Waals surface area contributed by atoms with Crippen LogP contribution >= 0.6 is 24.0 Å². The summed E-state index contributed by atoms with van der Waals surface area (Å²) < 4.78 is 0. The molecular formula is C24H36IN5. The molecule has 2 aromatic carbocycles. The standard InChI is InChI=1S/C24H35N5.HI/c1-25-24(26-17-20-11-13-21(14-12-20)19-28(2)3)27-18-23(29-15-7-8-16-29)22-9-5-4-6-10-22;/h4-6,9-14,23H,7-8,15-19H2,1-3H3,(H2,25,26,27);1H. The van der Waals surface area contributed by atoms with E-state index in [-0.39, 0.29) is 24.0 Å². The molecule has 1 unspecified atom stereocenters. The lowest BCUT2D eigenvalue weighted by Crippen LogP contribution is -2.42. The first kappa shape index (κ1) is 24.6. The molecule has 0 spiro atoms. The average Bonchev–Trinajstić information content (AvgIpc) is 3.26. The normalized spacial score (nSPS) is 15.7. The van der Waals surface area contributed by atoms with E-state index in [1.165, 1.54) is 42.6 Å². The number of rotatable bonds is 8. The van der Waals surface area contributed by atoms with Gasteiger partial charge in [-0.15, -0.1) is 24.0 Å². The topological polar surface area (TPSA) is 42.9 Å². The highest BCUT2D eigenvalue weighted by Crippen LogP contribution is 2.24. The Morgan fingerprint density at radius 2 is 1.60 bits per heavy atom. The smallest absolute Gasteiger partial charge is 0.191 e. The quantitative estimate of drug-likeness (QED) is 0.315. The molecule has 2 aromatic rings. The van der Waals surface area contributed by atoms with Crippen molar-refractivity contribution in [2.45, 2.75) is 32.0 Å². The summed E-state index contributed by atoms with van der Waals surface area (Å²) in [6.45, 7) is 4.93. The van der Waals surface area contributed by atoms with Crippen LogP contribution in [0, 0.1) is 0 Å². The second-order valence-electron chi connectivity index (χ2n) is 8.03. The van der Waals surface area contributed by atoms with Crippen molar-refractivity contribution in [2.75, 3.05) is 40.8 Å². The second-order valence-corrected chi connectivity index (χ2v) is 8.03. The van der Waals surface area contributed by atoms with Crippen LogP contribution in [-0.4, -0.2) is 56.5 Å². The van der Waals surface area contributed by atoms with Crippen LogP contribution in [0.25, 0.3) is 0 Å². The molecule has 6 heteroatoms. The Labute approximate surface area is 199 Å². The van der Waals surface area contributed by atoms with Crippen LogP contribution in [0.5, 0.6) is 0 Å². The summed E-state index contributed by atoms with van der Waals surface area (Å²) in [5.41, 5.74) is 3.96. The van der Waals surface area contributed by atoms with Crippen molar-refractivity contribution in [3.8, 4) is 0 Å². The average molecular weight is 521 g/mol. The van der Waals surface area contributed by atoms with Gasteiger partial charge in [-0.05, 0) is 56.7 Å². The molecule has 0 amide bonds. The molecule has 1 atom stereocenters. The van der Waals surface area contributed by atoms with E-state index in [1.807, 2.05) is 7.05 Å². The number of halogens is 1. The Balaban J connectivity index is 0.00000320. The highest BCUT2D eigenvalue weighted by atomic mass is 127. The molecule has 1 heterocycles. The predicted molar refractivity (Wildman–Crippen MR) is 137 cm³/mol. The van der Waals surface area contributed by atoms with Crippen molar-refractivity contribution < 1.29 is 0 Å². The number of nitrogens with one attached hydrogen (secondary N) is 2. The minimum Gasteiger partial charge on any atom is -0.354 e. The fraction of sp³-hybridized carbons (Fsp3) is 0.458. The number of hydrogen-bond acceptors (Lipinski definition) is 3. The maximum absolute atomic E-state index is 4.42. The predicted octanol–water partition coefficient (Wildman–Crippen LogP) is 3.87. The van der Waals surface area contributed by atoms with Gasteiger partial charge in [0.25, 0.3) is 0 Å². The van der Waals surface area contributed by atoms with Gasteiger partial charge >= 0.3 is 0 Å². The zero-order valence-corrected chi connectivity index (χ0v) is 20.8. The zero-order chi connectivity index (χ0) is 20.5. The van der Waals surface area contributed by atoms with Crippen molar-refractivity contribution in [1.29, 1.82) is 0 Å². The summed E-state index contributed by atoms with van der Waals surface area (Å²) in [5.74, 6) is 0.850.